The highest BCUT2D eigenvalue weighted by Gasteiger charge is 2.39. The summed E-state index contributed by atoms with van der Waals surface area (Å²) in [6, 6.07) is 9.70. The van der Waals surface area contributed by atoms with Gasteiger partial charge in [-0.25, -0.2) is 14.3 Å². The van der Waals surface area contributed by atoms with E-state index in [1.165, 1.54) is 24.5 Å². The van der Waals surface area contributed by atoms with E-state index in [1.54, 1.807) is 29.2 Å². The molecule has 2 fully saturated rings. The van der Waals surface area contributed by atoms with Crippen LogP contribution in [0.5, 0.6) is 5.75 Å². The monoisotopic (exact) mass is 557 g/mol. The van der Waals surface area contributed by atoms with E-state index in [9.17, 15) is 23.2 Å². The average Bonchev–Trinajstić information content (AvgIpc) is 3.55. The first kappa shape index (κ1) is 25.1. The van der Waals surface area contributed by atoms with Gasteiger partial charge in [0.25, 0.3) is 5.56 Å². The highest BCUT2D eigenvalue weighted by molar-refractivity contribution is 6.30. The lowest BCUT2D eigenvalue weighted by Gasteiger charge is -2.33. The van der Waals surface area contributed by atoms with E-state index in [4.69, 9.17) is 21.1 Å². The van der Waals surface area contributed by atoms with Crippen LogP contribution in [0.3, 0.4) is 0 Å². The van der Waals surface area contributed by atoms with Gasteiger partial charge in [-0.2, -0.15) is 13.9 Å². The maximum atomic E-state index is 13.5. The van der Waals surface area contributed by atoms with Crippen LogP contribution in [0, 0.1) is 0 Å². The Kier molecular flexibility index (Phi) is 6.34. The summed E-state index contributed by atoms with van der Waals surface area (Å²) in [7, 11) is 0. The molecule has 202 valence electrons. The van der Waals surface area contributed by atoms with Crippen molar-refractivity contribution in [3.63, 3.8) is 0 Å². The molecule has 39 heavy (non-hydrogen) atoms. The molecule has 0 spiro atoms. The second-order valence-electron chi connectivity index (χ2n) is 9.52. The van der Waals surface area contributed by atoms with Crippen LogP contribution in [0.25, 0.3) is 22.0 Å². The van der Waals surface area contributed by atoms with Crippen molar-refractivity contribution in [3.8, 4) is 16.9 Å². The molecule has 13 heteroatoms. The van der Waals surface area contributed by atoms with E-state index >= 15 is 0 Å². The molecule has 2 atom stereocenters. The van der Waals surface area contributed by atoms with Gasteiger partial charge in [0.05, 0.1) is 29.7 Å². The topological polar surface area (TPSA) is 111 Å². The standard InChI is InChI=1S/C26H22ClF2N5O5/c27-16-3-1-14(2-4-16)11-33-23(35)20-9-22(39-18-5-6-32-17(7-18)13-38-26(32)37)19(8-21(20)31-25(33)36)15-10-30-34(12-15)24(28)29/h1-4,8-10,12,17-18,24H,5-7,11,13H2,(H,31,36)/t17-,18-/m0/s1. The Morgan fingerprint density at radius 1 is 1.18 bits per heavy atom. The lowest BCUT2D eigenvalue weighted by molar-refractivity contribution is 0.0566. The molecule has 1 amide bonds. The molecule has 0 radical (unpaired) electrons. The van der Waals surface area contributed by atoms with E-state index in [-0.39, 0.29) is 48.0 Å². The first-order valence-electron chi connectivity index (χ1n) is 12.2. The number of H-pyrrole nitrogens is 1. The number of carbonyl (C=O) groups excluding carboxylic acids is 1. The number of aromatic amines is 1. The summed E-state index contributed by atoms with van der Waals surface area (Å²) < 4.78 is 39.6. The van der Waals surface area contributed by atoms with Crippen LogP contribution in [-0.2, 0) is 11.3 Å². The molecule has 2 aliphatic heterocycles. The van der Waals surface area contributed by atoms with Crippen molar-refractivity contribution in [1.82, 2.24) is 24.2 Å². The molecule has 0 unspecified atom stereocenters. The number of amides is 1. The number of hydrogen-bond donors (Lipinski definition) is 1. The number of benzene rings is 2. The number of nitrogens with zero attached hydrogens (tertiary/aromatic N) is 4. The Morgan fingerprint density at radius 2 is 1.97 bits per heavy atom. The molecule has 4 heterocycles. The van der Waals surface area contributed by atoms with E-state index in [0.29, 0.717) is 45.8 Å². The number of ether oxygens (including phenoxy) is 2. The van der Waals surface area contributed by atoms with Crippen molar-refractivity contribution >= 4 is 28.6 Å². The average molecular weight is 558 g/mol. The minimum absolute atomic E-state index is 0.0224. The van der Waals surface area contributed by atoms with Gasteiger partial charge in [-0.15, -0.1) is 0 Å². The Balaban J connectivity index is 1.42. The highest BCUT2D eigenvalue weighted by atomic mass is 35.5. The molecule has 0 saturated carbocycles. The zero-order valence-corrected chi connectivity index (χ0v) is 21.1. The van der Waals surface area contributed by atoms with Crippen LogP contribution in [0.4, 0.5) is 13.6 Å². The fraction of sp³-hybridized carbons (Fsp3) is 0.308. The van der Waals surface area contributed by atoms with Gasteiger partial charge in [-0.1, -0.05) is 23.7 Å². The normalized spacial score (nSPS) is 19.0. The number of aromatic nitrogens is 4. The summed E-state index contributed by atoms with van der Waals surface area (Å²) >= 11 is 5.95. The molecule has 0 aliphatic carbocycles. The predicted molar refractivity (Wildman–Crippen MR) is 137 cm³/mol. The molecule has 10 nitrogen and oxygen atoms in total. The molecule has 4 aromatic rings. The third kappa shape index (κ3) is 4.76. The number of piperidine rings is 1. The minimum Gasteiger partial charge on any atom is -0.490 e. The highest BCUT2D eigenvalue weighted by Crippen LogP contribution is 2.36. The number of carbonyl (C=O) groups is 1. The number of rotatable bonds is 6. The lowest BCUT2D eigenvalue weighted by Crippen LogP contribution is -2.44. The molecule has 1 N–H and O–H groups in total. The van der Waals surface area contributed by atoms with Gasteiger partial charge in [0.15, 0.2) is 0 Å². The fourth-order valence-electron chi connectivity index (χ4n) is 5.05. The zero-order chi connectivity index (χ0) is 27.3. The van der Waals surface area contributed by atoms with E-state index in [2.05, 4.69) is 10.1 Å². The quantitative estimate of drug-likeness (QED) is 0.383. The molecule has 6 rings (SSSR count). The largest absolute Gasteiger partial charge is 0.490 e. The maximum Gasteiger partial charge on any atom is 0.410 e. The Hall–Kier alpha value is -4.19. The number of halogens is 3. The van der Waals surface area contributed by atoms with Crippen molar-refractivity contribution in [2.24, 2.45) is 0 Å². The van der Waals surface area contributed by atoms with Gasteiger partial charge in [0, 0.05) is 41.7 Å². The van der Waals surface area contributed by atoms with Gasteiger partial charge in [-0.3, -0.25) is 9.36 Å². The lowest BCUT2D eigenvalue weighted by atomic mass is 10.0. The Morgan fingerprint density at radius 3 is 2.72 bits per heavy atom. The summed E-state index contributed by atoms with van der Waals surface area (Å²) in [5, 5.41) is 4.44. The van der Waals surface area contributed by atoms with E-state index < -0.39 is 17.8 Å². The van der Waals surface area contributed by atoms with Crippen LogP contribution in [0.2, 0.25) is 5.02 Å². The van der Waals surface area contributed by atoms with Crippen molar-refractivity contribution in [3.05, 3.63) is 80.2 Å². The third-order valence-electron chi connectivity index (χ3n) is 7.04. The van der Waals surface area contributed by atoms with Crippen LogP contribution >= 0.6 is 11.6 Å². The molecule has 2 saturated heterocycles. The first-order chi connectivity index (χ1) is 18.8. The number of hydrogen-bond acceptors (Lipinski definition) is 6. The summed E-state index contributed by atoms with van der Waals surface area (Å²) in [6.45, 7) is -2.11. The Labute approximate surface area is 224 Å². The number of alkyl halides is 2. The SMILES string of the molecule is O=C1OC[C@@H]2C[C@@H](Oc3cc4c(=O)n(Cc5ccc(Cl)cc5)c(=O)[nH]c4cc3-c3cnn(C(F)F)c3)CCN12. The third-order valence-corrected chi connectivity index (χ3v) is 7.30. The van der Waals surface area contributed by atoms with Crippen molar-refractivity contribution in [1.29, 1.82) is 0 Å². The minimum atomic E-state index is -2.84. The van der Waals surface area contributed by atoms with E-state index in [0.717, 1.165) is 4.57 Å². The second-order valence-corrected chi connectivity index (χ2v) is 9.95. The van der Waals surface area contributed by atoms with Crippen molar-refractivity contribution < 1.29 is 23.0 Å². The van der Waals surface area contributed by atoms with Gasteiger partial charge in [0.1, 0.15) is 18.5 Å². The van der Waals surface area contributed by atoms with Gasteiger partial charge in [0.2, 0.25) is 0 Å². The molecular weight excluding hydrogens is 536 g/mol. The van der Waals surface area contributed by atoms with Crippen LogP contribution in [0.1, 0.15) is 25.0 Å². The van der Waals surface area contributed by atoms with Gasteiger partial charge >= 0.3 is 18.3 Å². The summed E-state index contributed by atoms with van der Waals surface area (Å²) in [5.41, 5.74) is 0.501. The zero-order valence-electron chi connectivity index (χ0n) is 20.4. The molecule has 2 aromatic heterocycles. The summed E-state index contributed by atoms with van der Waals surface area (Å²) in [5.74, 6) is 0.280. The van der Waals surface area contributed by atoms with Gasteiger partial charge in [-0.05, 0) is 29.8 Å². The fourth-order valence-corrected chi connectivity index (χ4v) is 5.18. The predicted octanol–water partition coefficient (Wildman–Crippen LogP) is 4.01. The summed E-state index contributed by atoms with van der Waals surface area (Å²) in [6.07, 6.45) is 2.80. The van der Waals surface area contributed by atoms with Crippen LogP contribution in [0.15, 0.2) is 58.4 Å². The molecule has 2 aliphatic rings. The van der Waals surface area contributed by atoms with E-state index in [1.807, 2.05) is 0 Å². The second kappa shape index (κ2) is 9.84. The molecular formula is C26H22ClF2N5O5. The van der Waals surface area contributed by atoms with Crippen molar-refractivity contribution in [2.75, 3.05) is 13.2 Å². The van der Waals surface area contributed by atoms with Gasteiger partial charge < -0.3 is 19.4 Å². The van der Waals surface area contributed by atoms with Crippen LogP contribution in [-0.4, -0.2) is 55.6 Å². The smallest absolute Gasteiger partial charge is 0.410 e. The maximum absolute atomic E-state index is 13.5. The number of nitrogens with one attached hydrogen (secondary N) is 1. The first-order valence-corrected chi connectivity index (χ1v) is 12.6. The summed E-state index contributed by atoms with van der Waals surface area (Å²) in [4.78, 5) is 42.6. The number of fused-ring (bicyclic) bond motifs is 2. The Bertz CT molecular complexity index is 1680. The van der Waals surface area contributed by atoms with Crippen LogP contribution < -0.4 is 16.0 Å². The number of cyclic esters (lactones) is 1. The molecule has 0 bridgehead atoms. The van der Waals surface area contributed by atoms with Crippen molar-refractivity contribution in [2.45, 2.75) is 38.1 Å². The molecule has 2 aromatic carbocycles.